The number of rotatable bonds is 28. The van der Waals surface area contributed by atoms with Crippen LogP contribution >= 0.6 is 45.3 Å². The predicted octanol–water partition coefficient (Wildman–Crippen LogP) is 9.87. The Morgan fingerprint density at radius 1 is 0.602 bits per heavy atom. The molecule has 93 heavy (non-hydrogen) atoms. The molecule has 2 aliphatic carbocycles. The zero-order chi connectivity index (χ0) is 68.6. The second-order valence-electron chi connectivity index (χ2n) is 26.4. The van der Waals surface area contributed by atoms with Gasteiger partial charge < -0.3 is 40.7 Å². The average molecular weight is 1360 g/mol. The van der Waals surface area contributed by atoms with Crippen LogP contribution in [0.25, 0.3) is 21.4 Å². The van der Waals surface area contributed by atoms with Gasteiger partial charge in [-0.3, -0.25) is 43.4 Å². The number of ketones is 5. The van der Waals surface area contributed by atoms with Gasteiger partial charge in [-0.25, -0.2) is 34.3 Å². The quantitative estimate of drug-likeness (QED) is 0.0178. The van der Waals surface area contributed by atoms with E-state index in [1.807, 2.05) is 33.3 Å². The molecule has 2 atom stereocenters. The molecule has 0 bridgehead atoms. The number of nitrogens with zero attached hydrogens (tertiary/aromatic N) is 8. The van der Waals surface area contributed by atoms with Crippen LogP contribution < -0.4 is 16.4 Å². The van der Waals surface area contributed by atoms with Crippen molar-refractivity contribution in [3.8, 4) is 21.4 Å². The van der Waals surface area contributed by atoms with Crippen LogP contribution in [0.4, 0.5) is 9.59 Å². The fourth-order valence-electron chi connectivity index (χ4n) is 9.99. The van der Waals surface area contributed by atoms with Crippen LogP contribution in [0.1, 0.15) is 189 Å². The highest BCUT2D eigenvalue weighted by atomic mass is 32.1. The largest absolute Gasteiger partial charge is 0.476 e. The van der Waals surface area contributed by atoms with Gasteiger partial charge in [0.15, 0.2) is 23.0 Å². The number of hydrogen-bond acceptors (Lipinski definition) is 23. The van der Waals surface area contributed by atoms with E-state index in [1.54, 1.807) is 52.3 Å². The molecule has 2 saturated heterocycles. The molecule has 508 valence electrons. The molecule has 4 fully saturated rings. The molecule has 4 amide bonds. The molecule has 0 unspecified atom stereocenters. The van der Waals surface area contributed by atoms with Crippen molar-refractivity contribution in [3.05, 3.63) is 66.5 Å². The summed E-state index contributed by atoms with van der Waals surface area (Å²) in [4.78, 5) is 151. The Hall–Kier alpha value is -6.82. The van der Waals surface area contributed by atoms with Crippen molar-refractivity contribution < 1.29 is 62.5 Å². The third-order valence-corrected chi connectivity index (χ3v) is 18.8. The predicted molar refractivity (Wildman–Crippen MR) is 358 cm³/mol. The minimum Gasteiger partial charge on any atom is -0.476 e. The summed E-state index contributed by atoms with van der Waals surface area (Å²) in [5.74, 6) is -3.08. The number of allylic oxidation sites excluding steroid dienone is 2. The van der Waals surface area contributed by atoms with Crippen molar-refractivity contribution >= 4 is 104 Å². The van der Waals surface area contributed by atoms with Gasteiger partial charge in [0.1, 0.15) is 49.9 Å². The number of aromatic nitrogens is 4. The number of carboxylic acid groups (broad SMARTS) is 1. The van der Waals surface area contributed by atoms with E-state index in [0.717, 1.165) is 43.9 Å². The number of nitrogens with two attached hydrogens (primary N) is 1. The molecule has 4 aromatic heterocycles. The monoisotopic (exact) mass is 1360 g/mol. The zero-order valence-corrected chi connectivity index (χ0v) is 58.9. The molecule has 5 N–H and O–H groups in total. The Morgan fingerprint density at radius 2 is 1.01 bits per heavy atom. The molecule has 0 aromatic carbocycles. The highest BCUT2D eigenvalue weighted by Gasteiger charge is 2.52. The summed E-state index contributed by atoms with van der Waals surface area (Å²) in [6, 6.07) is -0.214. The van der Waals surface area contributed by atoms with Gasteiger partial charge >= 0.3 is 18.2 Å². The molecule has 4 aromatic rings. The maximum Gasteiger partial charge on any atom is 0.414 e. The van der Waals surface area contributed by atoms with E-state index in [9.17, 15) is 47.9 Å². The van der Waals surface area contributed by atoms with Gasteiger partial charge in [-0.2, -0.15) is 0 Å². The molecule has 8 rings (SSSR count). The molecule has 0 radical (unpaired) electrons. The zero-order valence-electron chi connectivity index (χ0n) is 55.6. The van der Waals surface area contributed by atoms with E-state index in [4.69, 9.17) is 20.3 Å². The van der Waals surface area contributed by atoms with Crippen LogP contribution in [-0.2, 0) is 51.1 Å². The van der Waals surface area contributed by atoms with Gasteiger partial charge in [-0.05, 0) is 174 Å². The third kappa shape index (κ3) is 23.6. The molecule has 24 nitrogen and oxygen atoms in total. The fourth-order valence-corrected chi connectivity index (χ4v) is 13.2. The first-order valence-corrected chi connectivity index (χ1v) is 35.0. The summed E-state index contributed by atoms with van der Waals surface area (Å²) in [7, 11) is 8.13. The summed E-state index contributed by atoms with van der Waals surface area (Å²) in [6.07, 6.45) is 9.89. The van der Waals surface area contributed by atoms with Crippen molar-refractivity contribution in [2.75, 3.05) is 47.8 Å². The minimum atomic E-state index is -1.11. The van der Waals surface area contributed by atoms with E-state index in [-0.39, 0.29) is 72.4 Å². The lowest BCUT2D eigenvalue weighted by Crippen LogP contribution is -2.44. The number of hydrogen-bond donors (Lipinski definition) is 4. The van der Waals surface area contributed by atoms with Crippen LogP contribution in [0.5, 0.6) is 0 Å². The number of likely N-dealkylation sites (tertiary alicyclic amines) is 2. The first-order valence-electron chi connectivity index (χ1n) is 31.5. The molecule has 2 aliphatic heterocycles. The first kappa shape index (κ1) is 75.2. The Balaban J connectivity index is 0.000000269. The number of carboxylic acids is 1. The standard InChI is InChI=1S/C33H45N5O6S2.C27H32N4O7S2.C5H14N2/c1-21-10-11-22(38(21)31(43)44-32(2,3)4)17-28(42)36-33(14-15-33)27(41)18-23(39)12-13-29-34-25(20-45-29)30-35-24(19-46-30)26(40)9-7-8-16-37(5)6;1-15-5-6-16(31(15)25(37)38-26(2,3)4)11-21(34)30-27(9-10-27)20(33)12-17(32)7-8-22-28-18(13-39-22)23-29-19(14-40-23)24(35)36;1-7(2)5-3-4-6/h17,19-21H,7-16,18H2,1-6H3,(H,36,42);11,13-15H,5-10,12H2,1-4H3,(H,30,34)(H,35,36);3-6H2,1-2H3/b22-17-;16-11-;/t21-;15-;/m00./s1. The molecular weight excluding hydrogens is 1270 g/mol. The summed E-state index contributed by atoms with van der Waals surface area (Å²) >= 11 is 5.32. The summed E-state index contributed by atoms with van der Waals surface area (Å²) in [5.41, 5.74) is 4.57. The van der Waals surface area contributed by atoms with Gasteiger partial charge in [-0.1, -0.05) is 0 Å². The number of unbranched alkanes of at least 4 members (excludes halogenated alkanes) is 1. The van der Waals surface area contributed by atoms with E-state index < -0.39 is 52.3 Å². The number of ether oxygens (including phenoxy) is 2. The van der Waals surface area contributed by atoms with E-state index in [1.165, 1.54) is 72.7 Å². The van der Waals surface area contributed by atoms with Crippen molar-refractivity contribution in [1.29, 1.82) is 0 Å². The van der Waals surface area contributed by atoms with Gasteiger partial charge in [0, 0.05) is 89.3 Å². The highest BCUT2D eigenvalue weighted by Crippen LogP contribution is 2.40. The van der Waals surface area contributed by atoms with Crippen molar-refractivity contribution in [2.45, 2.75) is 205 Å². The molecule has 0 spiro atoms. The number of thiazole rings is 4. The van der Waals surface area contributed by atoms with E-state index >= 15 is 0 Å². The molecule has 6 heterocycles. The number of carbonyl (C=O) groups is 10. The van der Waals surface area contributed by atoms with Gasteiger partial charge in [0.05, 0.1) is 33.9 Å². The number of aryl methyl sites for hydroxylation is 2. The molecule has 4 aliphatic rings. The smallest absolute Gasteiger partial charge is 0.414 e. The fraction of sp³-hybridized carbons (Fsp3) is 0.600. The van der Waals surface area contributed by atoms with Crippen LogP contribution in [0.3, 0.4) is 0 Å². The van der Waals surface area contributed by atoms with Gasteiger partial charge in [0.2, 0.25) is 11.8 Å². The number of carbonyl (C=O) groups excluding carboxylic acids is 9. The number of amides is 4. The Labute approximate surface area is 560 Å². The van der Waals surface area contributed by atoms with Crippen molar-refractivity contribution in [2.24, 2.45) is 5.73 Å². The van der Waals surface area contributed by atoms with Crippen LogP contribution in [0, 0.1) is 0 Å². The normalized spacial score (nSPS) is 17.9. The third-order valence-electron chi connectivity index (χ3n) is 15.3. The van der Waals surface area contributed by atoms with Crippen molar-refractivity contribution in [1.82, 2.24) is 50.2 Å². The molecule has 2 saturated carbocycles. The SMILES string of the molecule is CN(C)CCCN.C[C@H]1CC/C(=C/C(=O)NC2(C(=O)CC(=O)CCc3nc(-c4nc(C(=O)CCCCN(C)C)cs4)cs3)CC2)N1C(=O)OC(C)(C)C.C[C@H]1CC/C(=C/C(=O)NC2(C(=O)CC(=O)CCc3nc(-c4nc(C(=O)O)cs4)cs3)CC2)N1C(=O)OC(C)(C)C. The Morgan fingerprint density at radius 3 is 1.38 bits per heavy atom. The maximum atomic E-state index is 13.1. The lowest BCUT2D eigenvalue weighted by Gasteiger charge is -2.28. The molecular formula is C65H91N11O13S4. The lowest BCUT2D eigenvalue weighted by atomic mass is 10.0. The average Bonchev–Trinajstić information content (AvgIpc) is 1.80. The second-order valence-corrected chi connectivity index (χ2v) is 30.0. The summed E-state index contributed by atoms with van der Waals surface area (Å²) in [5, 5.41) is 24.1. The highest BCUT2D eigenvalue weighted by molar-refractivity contribution is 7.14. The minimum absolute atomic E-state index is 0.0316. The van der Waals surface area contributed by atoms with Gasteiger partial charge in [-0.15, -0.1) is 45.3 Å². The van der Waals surface area contributed by atoms with Crippen LogP contribution in [-0.4, -0.2) is 186 Å². The topological polar surface area (TPSA) is 324 Å². The summed E-state index contributed by atoms with van der Waals surface area (Å²) in [6.45, 7) is 17.4. The van der Waals surface area contributed by atoms with E-state index in [0.29, 0.717) is 114 Å². The van der Waals surface area contributed by atoms with Crippen molar-refractivity contribution in [3.63, 3.8) is 0 Å². The number of Topliss-reactive ketones (excluding diaryl/α,β-unsaturated/α-hetero) is 5. The number of nitrogens with one attached hydrogen (secondary N) is 2. The second kappa shape index (κ2) is 33.5. The first-order chi connectivity index (χ1) is 43.7. The van der Waals surface area contributed by atoms with Crippen LogP contribution in [0.15, 0.2) is 45.1 Å². The van der Waals surface area contributed by atoms with Gasteiger partial charge in [0.25, 0.3) is 0 Å². The number of aromatic carboxylic acids is 1. The maximum absolute atomic E-state index is 13.1. The van der Waals surface area contributed by atoms with E-state index in [2.05, 4.69) is 54.5 Å². The summed E-state index contributed by atoms with van der Waals surface area (Å²) < 4.78 is 11.0. The Bertz CT molecular complexity index is 3390. The van der Waals surface area contributed by atoms with Crippen LogP contribution in [0.2, 0.25) is 0 Å². The lowest BCUT2D eigenvalue weighted by molar-refractivity contribution is -0.131. The Kier molecular flexibility index (Phi) is 27.1. The molecule has 28 heteroatoms.